The van der Waals surface area contributed by atoms with Crippen molar-refractivity contribution in [2.24, 2.45) is 0 Å². The van der Waals surface area contributed by atoms with Gasteiger partial charge in [-0.05, 0) is 118 Å². The maximum absolute atomic E-state index is 11.9. The summed E-state index contributed by atoms with van der Waals surface area (Å²) in [5.41, 5.74) is 8.71. The molecule has 0 spiro atoms. The number of imide groups is 4. The van der Waals surface area contributed by atoms with Gasteiger partial charge in [-0.15, -0.1) is 20.3 Å². The van der Waals surface area contributed by atoms with Crippen LogP contribution in [0.15, 0.2) is 83.1 Å². The molecule has 492 valence electrons. The summed E-state index contributed by atoms with van der Waals surface area (Å²) in [6.07, 6.45) is 3.34. The third kappa shape index (κ3) is 29.5. The van der Waals surface area contributed by atoms with Gasteiger partial charge in [0.05, 0.1) is 17.7 Å². The first kappa shape index (κ1) is 74.6. The number of hydrazine groups is 2. The average molecular weight is 1350 g/mol. The van der Waals surface area contributed by atoms with E-state index in [9.17, 15) is 71.9 Å². The Morgan fingerprint density at radius 3 is 1.30 bits per heavy atom. The summed E-state index contributed by atoms with van der Waals surface area (Å²) >= 11 is 0. The van der Waals surface area contributed by atoms with Crippen molar-refractivity contribution in [1.82, 2.24) is 51.8 Å². The summed E-state index contributed by atoms with van der Waals surface area (Å²) in [7, 11) is 5.98. The Bertz CT molecular complexity index is 3040. The SMILES string of the molecule is CC(C)(C)OC(=O)NNCC(=O)ON1C(=O)CCC1=O.CC(C)(C)OC(=O)NNc1ccc(C(=O)ON2C(=O)CCC2=O)cc1.O=C(CCSSc1ccccn1)NCCCC(=O)ON1C(=O)CCC1=O.O=C(CCSSc1ccccn1)ON1C(=O)CCC1=O. The Morgan fingerprint density at radius 2 is 0.879 bits per heavy atom. The van der Waals surface area contributed by atoms with Crippen LogP contribution < -0.4 is 27.0 Å². The zero-order valence-electron chi connectivity index (χ0n) is 50.1. The van der Waals surface area contributed by atoms with Crippen LogP contribution >= 0.6 is 43.2 Å². The van der Waals surface area contributed by atoms with E-state index in [1.54, 1.807) is 64.7 Å². The highest BCUT2D eigenvalue weighted by Gasteiger charge is 2.36. The Labute approximate surface area is 536 Å². The summed E-state index contributed by atoms with van der Waals surface area (Å²) in [6.45, 7) is 10.2. The first-order chi connectivity index (χ1) is 43.1. The second-order valence-corrected chi connectivity index (χ2v) is 25.4. The van der Waals surface area contributed by atoms with Crippen molar-refractivity contribution in [3.05, 3.63) is 78.6 Å². The van der Waals surface area contributed by atoms with Crippen LogP contribution in [0.1, 0.15) is 129 Å². The maximum Gasteiger partial charge on any atom is 0.426 e. The lowest BCUT2D eigenvalue weighted by Gasteiger charge is -2.20. The van der Waals surface area contributed by atoms with Gasteiger partial charge in [-0.1, -0.05) is 33.7 Å². The Hall–Kier alpha value is -8.87. The minimum Gasteiger partial charge on any atom is -0.443 e. The van der Waals surface area contributed by atoms with Gasteiger partial charge in [-0.3, -0.25) is 54.0 Å². The number of hydroxylamine groups is 8. The molecule has 0 aliphatic carbocycles. The van der Waals surface area contributed by atoms with E-state index in [0.717, 1.165) is 10.1 Å². The number of benzene rings is 1. The molecule has 2 aromatic heterocycles. The number of ether oxygens (including phenoxy) is 2. The van der Waals surface area contributed by atoms with E-state index in [-0.39, 0.29) is 75.7 Å². The van der Waals surface area contributed by atoms with Gasteiger partial charge in [-0.2, -0.15) is 0 Å². The van der Waals surface area contributed by atoms with Crippen molar-refractivity contribution in [2.45, 2.75) is 140 Å². The molecule has 32 nitrogen and oxygen atoms in total. The van der Waals surface area contributed by atoms with E-state index in [1.807, 2.05) is 36.4 Å². The van der Waals surface area contributed by atoms with Crippen molar-refractivity contribution in [2.75, 3.05) is 30.0 Å². The zero-order chi connectivity index (χ0) is 67.1. The number of aromatic nitrogens is 2. The molecule has 6 heterocycles. The topological polar surface area (TPSA) is 410 Å². The van der Waals surface area contributed by atoms with Gasteiger partial charge < -0.3 is 34.1 Å². The van der Waals surface area contributed by atoms with Crippen LogP contribution in [0.4, 0.5) is 15.3 Å². The third-order valence-electron chi connectivity index (χ3n) is 10.7. The number of hydrogen-bond acceptors (Lipinski definition) is 29. The van der Waals surface area contributed by atoms with Crippen molar-refractivity contribution in [3.8, 4) is 0 Å². The molecule has 1 aromatic carbocycles. The quantitative estimate of drug-likeness (QED) is 0.0344. The van der Waals surface area contributed by atoms with E-state index in [2.05, 4.69) is 41.8 Å². The van der Waals surface area contributed by atoms with Gasteiger partial charge in [0, 0.05) is 94.7 Å². The number of rotatable bonds is 24. The Morgan fingerprint density at radius 1 is 0.484 bits per heavy atom. The molecular weight excluding hydrogens is 1280 g/mol. The molecule has 4 aliphatic heterocycles. The second kappa shape index (κ2) is 38.0. The molecule has 0 bridgehead atoms. The smallest absolute Gasteiger partial charge is 0.426 e. The summed E-state index contributed by atoms with van der Waals surface area (Å²) in [5, 5.41) is 6.47. The first-order valence-electron chi connectivity index (χ1n) is 27.6. The predicted molar refractivity (Wildman–Crippen MR) is 321 cm³/mol. The summed E-state index contributed by atoms with van der Waals surface area (Å²) < 4.78 is 9.96. The zero-order valence-corrected chi connectivity index (χ0v) is 53.4. The fourth-order valence-electron chi connectivity index (χ4n) is 6.61. The molecule has 5 N–H and O–H groups in total. The fourth-order valence-corrected chi connectivity index (χ4v) is 10.3. The van der Waals surface area contributed by atoms with E-state index in [4.69, 9.17) is 24.0 Å². The highest BCUT2D eigenvalue weighted by atomic mass is 33.1. The van der Waals surface area contributed by atoms with Crippen molar-refractivity contribution in [1.29, 1.82) is 0 Å². The molecule has 4 fully saturated rings. The van der Waals surface area contributed by atoms with Gasteiger partial charge in [0.1, 0.15) is 27.8 Å². The van der Waals surface area contributed by atoms with Crippen LogP contribution in [-0.4, -0.2) is 155 Å². The number of carbonyl (C=O) groups is 15. The standard InChI is InChI=1S/C16H19N3O6.C16H19N3O5S2.C12H12N2O4S2.C11H17N3O6/c1-16(2,3)24-15(23)18-17-11-6-4-10(5-7-11)14(22)25-19-12(20)8-9-13(19)21;20-12(8-11-25-26-13-4-1-2-9-18-13)17-10-3-5-16(23)24-19-14(21)6-7-15(19)22;15-10-4-5-11(16)14(10)18-12(17)6-8-19-20-9-3-1-2-7-13-9;1-11(2,3)19-10(18)13-12-6-9(17)20-14-7(15)4-5-8(14)16/h4-7,17H,8-9H2,1-3H3,(H,18,23);1-2,4,9H,3,5-8,10-11H2,(H,17,20);1-3,7H,4-6,8H2;12H,4-6H2,1-3H3,(H,13,18). The minimum absolute atomic E-state index is 0.0155. The van der Waals surface area contributed by atoms with Crippen LogP contribution in [0, 0.1) is 0 Å². The predicted octanol–water partition coefficient (Wildman–Crippen LogP) is 4.92. The number of nitrogens with zero attached hydrogens (tertiary/aromatic N) is 6. The molecule has 0 saturated carbocycles. The van der Waals surface area contributed by atoms with E-state index in [1.165, 1.54) is 56.6 Å². The monoisotopic (exact) mass is 1350 g/mol. The van der Waals surface area contributed by atoms with Crippen molar-refractivity contribution >= 4 is 138 Å². The maximum atomic E-state index is 11.9. The normalized spacial score (nSPS) is 14.4. The van der Waals surface area contributed by atoms with Crippen LogP contribution in [0.2, 0.25) is 0 Å². The lowest BCUT2D eigenvalue weighted by molar-refractivity contribution is -0.197. The van der Waals surface area contributed by atoms with Crippen molar-refractivity contribution in [3.63, 3.8) is 0 Å². The number of carbonyl (C=O) groups excluding carboxylic acids is 15. The lowest BCUT2D eigenvalue weighted by atomic mass is 10.2. The summed E-state index contributed by atoms with van der Waals surface area (Å²) in [5.74, 6) is -6.04. The molecule has 3 aromatic rings. The molecule has 4 aliphatic rings. The van der Waals surface area contributed by atoms with Crippen molar-refractivity contribution < 1.29 is 101 Å². The molecule has 91 heavy (non-hydrogen) atoms. The van der Waals surface area contributed by atoms with Crippen LogP contribution in [0.3, 0.4) is 0 Å². The van der Waals surface area contributed by atoms with E-state index < -0.39 is 101 Å². The van der Waals surface area contributed by atoms with Gasteiger partial charge in [0.2, 0.25) is 5.91 Å². The van der Waals surface area contributed by atoms with Gasteiger partial charge in [0.25, 0.3) is 47.3 Å². The highest BCUT2D eigenvalue weighted by Crippen LogP contribution is 2.30. The fraction of sp³-hybridized carbons (Fsp3) is 0.436. The Kier molecular flexibility index (Phi) is 31.1. The number of hydrogen-bond donors (Lipinski definition) is 5. The molecule has 7 rings (SSSR count). The molecule has 11 amide bonds. The first-order valence-corrected chi connectivity index (χ1v) is 32.2. The molecule has 36 heteroatoms. The molecule has 0 unspecified atom stereocenters. The Balaban J connectivity index is 0.000000261. The van der Waals surface area contributed by atoms with Gasteiger partial charge in [0.15, 0.2) is 0 Å². The van der Waals surface area contributed by atoms with Crippen LogP contribution in [0.25, 0.3) is 0 Å². The van der Waals surface area contributed by atoms with Gasteiger partial charge >= 0.3 is 36.1 Å². The highest BCUT2D eigenvalue weighted by molar-refractivity contribution is 8.77. The molecule has 0 atom stereocenters. The molecule has 4 saturated heterocycles. The number of pyridine rings is 2. The minimum atomic E-state index is -0.885. The summed E-state index contributed by atoms with van der Waals surface area (Å²) in [4.78, 5) is 198. The van der Waals surface area contributed by atoms with Crippen LogP contribution in [0.5, 0.6) is 0 Å². The molecular formula is C55H67N11O21S4. The second-order valence-electron chi connectivity index (χ2n) is 20.5. The largest absolute Gasteiger partial charge is 0.443 e. The third-order valence-corrected chi connectivity index (χ3v) is 15.2. The van der Waals surface area contributed by atoms with Crippen LogP contribution in [-0.2, 0) is 86.4 Å². The lowest BCUT2D eigenvalue weighted by Crippen LogP contribution is -2.45. The van der Waals surface area contributed by atoms with E-state index in [0.29, 0.717) is 56.8 Å². The molecule has 0 radical (unpaired) electrons. The number of nitrogens with one attached hydrogen (secondary N) is 5. The van der Waals surface area contributed by atoms with Gasteiger partial charge in [-0.25, -0.2) is 49.6 Å². The summed E-state index contributed by atoms with van der Waals surface area (Å²) in [6, 6.07) is 17.1. The van der Waals surface area contributed by atoms with E-state index >= 15 is 0 Å². The number of amides is 11. The average Bonchev–Trinajstić information content (AvgIpc) is 2.54. The number of anilines is 1.